The van der Waals surface area contributed by atoms with Gasteiger partial charge in [0.25, 0.3) is 5.91 Å². The van der Waals surface area contributed by atoms with Crippen molar-refractivity contribution in [3.63, 3.8) is 0 Å². The topological polar surface area (TPSA) is 52.7 Å². The van der Waals surface area contributed by atoms with Gasteiger partial charge in [0, 0.05) is 36.9 Å². The molecule has 130 valence electrons. The molecular weight excluding hydrogens is 302 g/mol. The van der Waals surface area contributed by atoms with Gasteiger partial charge in [-0.05, 0) is 63.3 Å². The molecule has 2 fully saturated rings. The zero-order valence-electron chi connectivity index (χ0n) is 14.5. The van der Waals surface area contributed by atoms with E-state index in [0.29, 0.717) is 12.6 Å². The predicted molar refractivity (Wildman–Crippen MR) is 95.1 cm³/mol. The first-order chi connectivity index (χ1) is 11.6. The van der Waals surface area contributed by atoms with Crippen molar-refractivity contribution in [2.75, 3.05) is 31.5 Å². The first-order valence-electron chi connectivity index (χ1n) is 9.08. The zero-order chi connectivity index (χ0) is 16.9. The van der Waals surface area contributed by atoms with Crippen LogP contribution in [0, 0.1) is 0 Å². The van der Waals surface area contributed by atoms with Crippen molar-refractivity contribution in [3.05, 3.63) is 29.8 Å². The third-order valence-electron chi connectivity index (χ3n) is 5.09. The number of rotatable bonds is 4. The fraction of sp³-hybridized carbons (Fsp3) is 0.579. The second kappa shape index (κ2) is 7.69. The Hall–Kier alpha value is -2.04. The van der Waals surface area contributed by atoms with E-state index in [0.717, 1.165) is 56.6 Å². The van der Waals surface area contributed by atoms with Gasteiger partial charge in [-0.15, -0.1) is 0 Å². The Labute approximate surface area is 144 Å². The minimum atomic E-state index is 0.109. The van der Waals surface area contributed by atoms with Gasteiger partial charge in [0.1, 0.15) is 0 Å². The van der Waals surface area contributed by atoms with Gasteiger partial charge in [-0.1, -0.05) is 0 Å². The maximum Gasteiger partial charge on any atom is 0.253 e. The SMILES string of the molecule is CC1CCCCN1C(=O)CNc1ccc(C(=O)N2CCCC2)cc1. The van der Waals surface area contributed by atoms with Crippen molar-refractivity contribution in [3.8, 4) is 0 Å². The minimum absolute atomic E-state index is 0.109. The lowest BCUT2D eigenvalue weighted by atomic mass is 10.0. The van der Waals surface area contributed by atoms with Crippen LogP contribution < -0.4 is 5.32 Å². The molecule has 0 saturated carbocycles. The Bertz CT molecular complexity index is 579. The highest BCUT2D eigenvalue weighted by atomic mass is 16.2. The fourth-order valence-corrected chi connectivity index (χ4v) is 3.58. The molecule has 24 heavy (non-hydrogen) atoms. The summed E-state index contributed by atoms with van der Waals surface area (Å²) in [7, 11) is 0. The summed E-state index contributed by atoms with van der Waals surface area (Å²) in [5.74, 6) is 0.261. The van der Waals surface area contributed by atoms with Gasteiger partial charge in [0.2, 0.25) is 5.91 Å². The number of piperidine rings is 1. The molecule has 0 spiro atoms. The molecule has 2 aliphatic heterocycles. The van der Waals surface area contributed by atoms with Crippen molar-refractivity contribution >= 4 is 17.5 Å². The summed E-state index contributed by atoms with van der Waals surface area (Å²) in [6.07, 6.45) is 5.61. The molecule has 0 aromatic heterocycles. The lowest BCUT2D eigenvalue weighted by Crippen LogP contribution is -2.44. The molecule has 0 radical (unpaired) electrons. The summed E-state index contributed by atoms with van der Waals surface area (Å²) in [6.45, 7) is 5.02. The van der Waals surface area contributed by atoms with Crippen LogP contribution in [0.3, 0.4) is 0 Å². The van der Waals surface area contributed by atoms with Crippen molar-refractivity contribution in [2.24, 2.45) is 0 Å². The van der Waals surface area contributed by atoms with Crippen molar-refractivity contribution < 1.29 is 9.59 Å². The van der Waals surface area contributed by atoms with Crippen LogP contribution in [0.1, 0.15) is 49.4 Å². The van der Waals surface area contributed by atoms with Crippen LogP contribution in [-0.4, -0.2) is 53.8 Å². The number of anilines is 1. The van der Waals surface area contributed by atoms with Crippen LogP contribution in [0.4, 0.5) is 5.69 Å². The first kappa shape index (κ1) is 16.8. The molecule has 2 aliphatic rings. The number of carbonyl (C=O) groups is 2. The summed E-state index contributed by atoms with van der Waals surface area (Å²) in [5.41, 5.74) is 1.60. The second-order valence-corrected chi connectivity index (χ2v) is 6.86. The molecule has 1 aromatic carbocycles. The second-order valence-electron chi connectivity index (χ2n) is 6.86. The molecule has 1 aromatic rings. The molecule has 2 amide bonds. The van der Waals surface area contributed by atoms with Gasteiger partial charge >= 0.3 is 0 Å². The van der Waals surface area contributed by atoms with Crippen molar-refractivity contribution in [1.29, 1.82) is 0 Å². The number of hydrogen-bond donors (Lipinski definition) is 1. The highest BCUT2D eigenvalue weighted by molar-refractivity contribution is 5.94. The average Bonchev–Trinajstić information content (AvgIpc) is 3.14. The van der Waals surface area contributed by atoms with Crippen LogP contribution in [0.15, 0.2) is 24.3 Å². The number of benzene rings is 1. The van der Waals surface area contributed by atoms with Gasteiger partial charge in [0.05, 0.1) is 6.54 Å². The lowest BCUT2D eigenvalue weighted by molar-refractivity contribution is -0.132. The summed E-state index contributed by atoms with van der Waals surface area (Å²) in [6, 6.07) is 7.80. The lowest BCUT2D eigenvalue weighted by Gasteiger charge is -2.33. The van der Waals surface area contributed by atoms with Crippen LogP contribution in [-0.2, 0) is 4.79 Å². The van der Waals surface area contributed by atoms with Crippen LogP contribution >= 0.6 is 0 Å². The van der Waals surface area contributed by atoms with E-state index in [9.17, 15) is 9.59 Å². The molecule has 5 heteroatoms. The summed E-state index contributed by atoms with van der Waals surface area (Å²) < 4.78 is 0. The van der Waals surface area contributed by atoms with E-state index < -0.39 is 0 Å². The zero-order valence-corrected chi connectivity index (χ0v) is 14.5. The smallest absolute Gasteiger partial charge is 0.253 e. The molecule has 2 heterocycles. The van der Waals surface area contributed by atoms with Crippen molar-refractivity contribution in [1.82, 2.24) is 9.80 Å². The Kier molecular flexibility index (Phi) is 5.38. The molecule has 0 aliphatic carbocycles. The highest BCUT2D eigenvalue weighted by Crippen LogP contribution is 2.18. The van der Waals surface area contributed by atoms with Crippen LogP contribution in [0.5, 0.6) is 0 Å². The third kappa shape index (κ3) is 3.89. The maximum absolute atomic E-state index is 12.3. The predicted octanol–water partition coefficient (Wildman–Crippen LogP) is 2.74. The number of likely N-dealkylation sites (tertiary alicyclic amines) is 2. The summed E-state index contributed by atoms with van der Waals surface area (Å²) in [4.78, 5) is 28.5. The number of amides is 2. The number of nitrogens with one attached hydrogen (secondary N) is 1. The molecule has 2 saturated heterocycles. The van der Waals surface area contributed by atoms with Gasteiger partial charge < -0.3 is 15.1 Å². The highest BCUT2D eigenvalue weighted by Gasteiger charge is 2.23. The Balaban J connectivity index is 1.52. The Morgan fingerprint density at radius 1 is 1.04 bits per heavy atom. The van der Waals surface area contributed by atoms with Gasteiger partial charge in [-0.3, -0.25) is 9.59 Å². The number of carbonyl (C=O) groups excluding carboxylic acids is 2. The number of nitrogens with zero attached hydrogens (tertiary/aromatic N) is 2. The Morgan fingerprint density at radius 2 is 1.71 bits per heavy atom. The number of hydrogen-bond acceptors (Lipinski definition) is 3. The van der Waals surface area contributed by atoms with E-state index in [1.165, 1.54) is 6.42 Å². The van der Waals surface area contributed by atoms with E-state index in [2.05, 4.69) is 12.2 Å². The van der Waals surface area contributed by atoms with Gasteiger partial charge in [-0.25, -0.2) is 0 Å². The standard InChI is InChI=1S/C19H27N3O2/c1-15-6-2-3-13-22(15)18(23)14-20-17-9-7-16(8-10-17)19(24)21-11-4-5-12-21/h7-10,15,20H,2-6,11-14H2,1H3. The van der Waals surface area contributed by atoms with E-state index in [-0.39, 0.29) is 11.8 Å². The summed E-state index contributed by atoms with van der Waals surface area (Å²) in [5, 5.41) is 3.18. The molecule has 1 unspecified atom stereocenters. The molecular formula is C19H27N3O2. The maximum atomic E-state index is 12.3. The van der Waals surface area contributed by atoms with Gasteiger partial charge in [0.15, 0.2) is 0 Å². The summed E-state index contributed by atoms with van der Waals surface area (Å²) >= 11 is 0. The fourth-order valence-electron chi connectivity index (χ4n) is 3.58. The molecule has 0 bridgehead atoms. The third-order valence-corrected chi connectivity index (χ3v) is 5.09. The van der Waals surface area contributed by atoms with E-state index in [1.54, 1.807) is 0 Å². The molecule has 1 N–H and O–H groups in total. The first-order valence-corrected chi connectivity index (χ1v) is 9.08. The van der Waals surface area contributed by atoms with E-state index in [4.69, 9.17) is 0 Å². The Morgan fingerprint density at radius 3 is 2.38 bits per heavy atom. The molecule has 1 atom stereocenters. The van der Waals surface area contributed by atoms with Crippen molar-refractivity contribution in [2.45, 2.75) is 45.1 Å². The van der Waals surface area contributed by atoms with E-state index in [1.807, 2.05) is 34.1 Å². The molecule has 3 rings (SSSR count). The monoisotopic (exact) mass is 329 g/mol. The van der Waals surface area contributed by atoms with Crippen LogP contribution in [0.25, 0.3) is 0 Å². The van der Waals surface area contributed by atoms with Crippen LogP contribution in [0.2, 0.25) is 0 Å². The normalized spacial score (nSPS) is 21.0. The average molecular weight is 329 g/mol. The molecule has 5 nitrogen and oxygen atoms in total. The minimum Gasteiger partial charge on any atom is -0.376 e. The quantitative estimate of drug-likeness (QED) is 0.924. The van der Waals surface area contributed by atoms with Gasteiger partial charge in [-0.2, -0.15) is 0 Å². The largest absolute Gasteiger partial charge is 0.376 e. The van der Waals surface area contributed by atoms with E-state index >= 15 is 0 Å².